The molecule has 0 aromatic carbocycles. The summed E-state index contributed by atoms with van der Waals surface area (Å²) in [6, 6.07) is 0.214. The van der Waals surface area contributed by atoms with Crippen LogP contribution in [0, 0.1) is 0 Å². The van der Waals surface area contributed by atoms with Gasteiger partial charge in [-0.05, 0) is 39.3 Å². The van der Waals surface area contributed by atoms with E-state index in [2.05, 4.69) is 14.4 Å². The lowest BCUT2D eigenvalue weighted by molar-refractivity contribution is -0.140. The molecule has 1 N–H and O–H groups in total. The summed E-state index contributed by atoms with van der Waals surface area (Å²) in [4.78, 5) is 13.2. The van der Waals surface area contributed by atoms with E-state index >= 15 is 0 Å². The van der Waals surface area contributed by atoms with Gasteiger partial charge in [-0.2, -0.15) is 0 Å². The number of carbonyl (C=O) groups excluding carboxylic acids is 1. The molecule has 20 heavy (non-hydrogen) atoms. The molecule has 0 bridgehead atoms. The molecule has 0 amide bonds. The van der Waals surface area contributed by atoms with E-state index in [9.17, 15) is 13.2 Å². The van der Waals surface area contributed by atoms with Crippen LogP contribution in [-0.4, -0.2) is 57.8 Å². The average Bonchev–Trinajstić information content (AvgIpc) is 2.45. The van der Waals surface area contributed by atoms with Crippen LogP contribution in [0.5, 0.6) is 0 Å². The van der Waals surface area contributed by atoms with Crippen molar-refractivity contribution in [1.82, 2.24) is 9.62 Å². The van der Waals surface area contributed by atoms with E-state index in [1.807, 2.05) is 6.92 Å². The molecule has 6 nitrogen and oxygen atoms in total. The van der Waals surface area contributed by atoms with Crippen LogP contribution in [0.3, 0.4) is 0 Å². The van der Waals surface area contributed by atoms with Gasteiger partial charge in [0.15, 0.2) is 0 Å². The number of likely N-dealkylation sites (tertiary alicyclic amines) is 1. The van der Waals surface area contributed by atoms with Crippen molar-refractivity contribution in [2.75, 3.05) is 32.5 Å². The Morgan fingerprint density at radius 3 is 2.55 bits per heavy atom. The topological polar surface area (TPSA) is 75.7 Å². The maximum atomic E-state index is 11.8. The molecule has 0 saturated carbocycles. The minimum Gasteiger partial charge on any atom is -0.469 e. The molecule has 1 fully saturated rings. The normalized spacial score (nSPS) is 18.7. The first-order valence-electron chi connectivity index (χ1n) is 7.23. The van der Waals surface area contributed by atoms with Crippen LogP contribution >= 0.6 is 0 Å². The van der Waals surface area contributed by atoms with Crippen LogP contribution in [-0.2, 0) is 19.6 Å². The highest BCUT2D eigenvalue weighted by Crippen LogP contribution is 2.11. The van der Waals surface area contributed by atoms with Gasteiger partial charge in [0.1, 0.15) is 0 Å². The standard InChI is InChI=1S/C13H26N2O4S/c1-12(15-8-4-3-5-9-15)11-14-20(17,18)10-6-7-13(16)19-2/h12,14H,3-11H2,1-2H3. The Morgan fingerprint density at radius 1 is 1.30 bits per heavy atom. The summed E-state index contributed by atoms with van der Waals surface area (Å²) in [6.45, 7) is 4.57. The molecule has 1 rings (SSSR count). The van der Waals surface area contributed by atoms with E-state index in [-0.39, 0.29) is 24.2 Å². The van der Waals surface area contributed by atoms with Crippen LogP contribution in [0.4, 0.5) is 0 Å². The number of hydrogen-bond acceptors (Lipinski definition) is 5. The number of hydrogen-bond donors (Lipinski definition) is 1. The number of piperidine rings is 1. The second kappa shape index (κ2) is 8.59. The number of nitrogens with zero attached hydrogens (tertiary/aromatic N) is 1. The zero-order valence-electron chi connectivity index (χ0n) is 12.4. The smallest absolute Gasteiger partial charge is 0.305 e. The van der Waals surface area contributed by atoms with Gasteiger partial charge < -0.3 is 4.74 Å². The monoisotopic (exact) mass is 306 g/mol. The number of carbonyl (C=O) groups is 1. The van der Waals surface area contributed by atoms with Gasteiger partial charge in [0.05, 0.1) is 12.9 Å². The SMILES string of the molecule is COC(=O)CCCS(=O)(=O)NCC(C)N1CCCCC1. The molecule has 118 valence electrons. The largest absolute Gasteiger partial charge is 0.469 e. The molecular formula is C13H26N2O4S. The zero-order valence-corrected chi connectivity index (χ0v) is 13.2. The highest BCUT2D eigenvalue weighted by molar-refractivity contribution is 7.89. The van der Waals surface area contributed by atoms with Crippen molar-refractivity contribution < 1.29 is 17.9 Å². The Labute approximate surface area is 121 Å². The molecule has 1 heterocycles. The molecule has 0 aromatic heterocycles. The van der Waals surface area contributed by atoms with E-state index in [0.29, 0.717) is 13.0 Å². The minimum absolute atomic E-state index is 0.0329. The van der Waals surface area contributed by atoms with E-state index in [1.54, 1.807) is 0 Å². The molecule has 1 atom stereocenters. The quantitative estimate of drug-likeness (QED) is 0.669. The fourth-order valence-corrected chi connectivity index (χ4v) is 3.48. The fraction of sp³-hybridized carbons (Fsp3) is 0.923. The number of ether oxygens (including phenoxy) is 1. The first kappa shape index (κ1) is 17.4. The van der Waals surface area contributed by atoms with Gasteiger partial charge in [-0.25, -0.2) is 13.1 Å². The Bertz CT molecular complexity index is 391. The zero-order chi connectivity index (χ0) is 15.0. The van der Waals surface area contributed by atoms with Gasteiger partial charge in [-0.1, -0.05) is 6.42 Å². The average molecular weight is 306 g/mol. The second-order valence-electron chi connectivity index (χ2n) is 5.29. The van der Waals surface area contributed by atoms with Crippen molar-refractivity contribution in [2.24, 2.45) is 0 Å². The number of rotatable bonds is 8. The summed E-state index contributed by atoms with van der Waals surface area (Å²) in [5.74, 6) is -0.406. The molecule has 1 aliphatic heterocycles. The molecule has 0 spiro atoms. The fourth-order valence-electron chi connectivity index (χ4n) is 2.32. The van der Waals surface area contributed by atoms with Crippen molar-refractivity contribution in [2.45, 2.75) is 45.1 Å². The lowest BCUT2D eigenvalue weighted by Crippen LogP contribution is -2.44. The van der Waals surface area contributed by atoms with Crippen LogP contribution in [0.2, 0.25) is 0 Å². The third-order valence-electron chi connectivity index (χ3n) is 3.63. The molecule has 0 radical (unpaired) electrons. The van der Waals surface area contributed by atoms with Gasteiger partial charge >= 0.3 is 5.97 Å². The number of esters is 1. The van der Waals surface area contributed by atoms with E-state index in [0.717, 1.165) is 13.1 Å². The van der Waals surface area contributed by atoms with Gasteiger partial charge in [0, 0.05) is 19.0 Å². The highest BCUT2D eigenvalue weighted by atomic mass is 32.2. The minimum atomic E-state index is -3.30. The Balaban J connectivity index is 2.25. The molecule has 0 aliphatic carbocycles. The predicted octanol–water partition coefficient (Wildman–Crippen LogP) is 0.733. The molecule has 0 aromatic rings. The third kappa shape index (κ3) is 6.67. The first-order chi connectivity index (χ1) is 9.44. The van der Waals surface area contributed by atoms with Crippen molar-refractivity contribution in [1.29, 1.82) is 0 Å². The highest BCUT2D eigenvalue weighted by Gasteiger charge is 2.19. The van der Waals surface area contributed by atoms with Crippen LogP contribution < -0.4 is 4.72 Å². The molecule has 1 unspecified atom stereocenters. The van der Waals surface area contributed by atoms with Gasteiger partial charge in [0.25, 0.3) is 0 Å². The summed E-state index contributed by atoms with van der Waals surface area (Å²) >= 11 is 0. The molecular weight excluding hydrogens is 280 g/mol. The Morgan fingerprint density at radius 2 is 1.95 bits per heavy atom. The molecule has 1 aliphatic rings. The lowest BCUT2D eigenvalue weighted by Gasteiger charge is -2.32. The summed E-state index contributed by atoms with van der Waals surface area (Å²) in [7, 11) is -2.00. The predicted molar refractivity (Wildman–Crippen MR) is 77.9 cm³/mol. The summed E-state index contributed by atoms with van der Waals surface area (Å²) in [5.41, 5.74) is 0. The van der Waals surface area contributed by atoms with Crippen LogP contribution in [0.15, 0.2) is 0 Å². The van der Waals surface area contributed by atoms with Crippen molar-refractivity contribution >= 4 is 16.0 Å². The maximum absolute atomic E-state index is 11.8. The van der Waals surface area contributed by atoms with Crippen molar-refractivity contribution in [3.63, 3.8) is 0 Å². The molecule has 7 heteroatoms. The van der Waals surface area contributed by atoms with Crippen LogP contribution in [0.25, 0.3) is 0 Å². The van der Waals surface area contributed by atoms with Gasteiger partial charge in [0.2, 0.25) is 10.0 Å². The van der Waals surface area contributed by atoms with E-state index in [1.165, 1.54) is 26.4 Å². The number of sulfonamides is 1. The van der Waals surface area contributed by atoms with Gasteiger partial charge in [-0.3, -0.25) is 9.69 Å². The Hall–Kier alpha value is -0.660. The summed E-state index contributed by atoms with van der Waals surface area (Å²) in [6.07, 6.45) is 4.08. The lowest BCUT2D eigenvalue weighted by atomic mass is 10.1. The van der Waals surface area contributed by atoms with E-state index < -0.39 is 10.0 Å². The number of methoxy groups -OCH3 is 1. The van der Waals surface area contributed by atoms with Crippen molar-refractivity contribution in [3.8, 4) is 0 Å². The van der Waals surface area contributed by atoms with Crippen LogP contribution in [0.1, 0.15) is 39.0 Å². The summed E-state index contributed by atoms with van der Waals surface area (Å²) < 4.78 is 30.7. The van der Waals surface area contributed by atoms with Crippen molar-refractivity contribution in [3.05, 3.63) is 0 Å². The third-order valence-corrected chi connectivity index (χ3v) is 5.07. The number of nitrogens with one attached hydrogen (secondary N) is 1. The first-order valence-corrected chi connectivity index (χ1v) is 8.88. The van der Waals surface area contributed by atoms with Gasteiger partial charge in [-0.15, -0.1) is 0 Å². The Kier molecular flexibility index (Phi) is 7.47. The van der Waals surface area contributed by atoms with E-state index in [4.69, 9.17) is 0 Å². The maximum Gasteiger partial charge on any atom is 0.305 e. The molecule has 1 saturated heterocycles. The second-order valence-corrected chi connectivity index (χ2v) is 7.22. The summed E-state index contributed by atoms with van der Waals surface area (Å²) in [5, 5.41) is 0.